The normalized spacial score (nSPS) is 13.2. The summed E-state index contributed by atoms with van der Waals surface area (Å²) in [7, 11) is 0. The third-order valence-electron chi connectivity index (χ3n) is 4.61. The Bertz CT molecular complexity index is 1010. The van der Waals surface area contributed by atoms with E-state index in [1.165, 1.54) is 12.1 Å². The van der Waals surface area contributed by atoms with Gasteiger partial charge in [0.2, 0.25) is 0 Å². The molecule has 28 heavy (non-hydrogen) atoms. The summed E-state index contributed by atoms with van der Waals surface area (Å²) in [6, 6.07) is 11.1. The number of hydrogen-bond acceptors (Lipinski definition) is 2. The smallest absolute Gasteiger partial charge is 0.328 e. The fourth-order valence-electron chi connectivity index (χ4n) is 3.28. The fourth-order valence-corrected chi connectivity index (χ4v) is 3.28. The summed E-state index contributed by atoms with van der Waals surface area (Å²) in [6.07, 6.45) is -0.540. The number of aryl methyl sites for hydroxylation is 1. The molecule has 144 valence electrons. The fraction of sp³-hybridized carbons (Fsp3) is 0.200. The highest BCUT2D eigenvalue weighted by Gasteiger charge is 2.30. The van der Waals surface area contributed by atoms with E-state index in [-0.39, 0.29) is 5.69 Å². The Morgan fingerprint density at radius 1 is 1.04 bits per heavy atom. The van der Waals surface area contributed by atoms with Crippen LogP contribution >= 0.6 is 0 Å². The molecule has 0 spiro atoms. The van der Waals surface area contributed by atoms with Crippen LogP contribution in [0.25, 0.3) is 11.3 Å². The van der Waals surface area contributed by atoms with Crippen molar-refractivity contribution in [2.75, 3.05) is 10.6 Å². The number of anilines is 2. The van der Waals surface area contributed by atoms with Crippen LogP contribution in [0.3, 0.4) is 0 Å². The summed E-state index contributed by atoms with van der Waals surface area (Å²) in [6.45, 7) is 0.927. The molecule has 0 radical (unpaired) electrons. The number of carbonyl (C=O) groups is 1. The maximum atomic E-state index is 12.6. The number of urea groups is 1. The van der Waals surface area contributed by atoms with E-state index in [2.05, 4.69) is 20.2 Å². The number of halogens is 3. The molecule has 0 aliphatic carbocycles. The Hall–Kier alpha value is -3.29. The molecule has 1 aliphatic heterocycles. The number of amides is 2. The highest BCUT2D eigenvalue weighted by atomic mass is 19.4. The van der Waals surface area contributed by atoms with Crippen LogP contribution in [0.4, 0.5) is 29.3 Å². The number of alkyl halides is 3. The van der Waals surface area contributed by atoms with Gasteiger partial charge in [0.1, 0.15) is 5.82 Å². The molecular weight excluding hydrogens is 369 g/mol. The Morgan fingerprint density at radius 3 is 2.54 bits per heavy atom. The van der Waals surface area contributed by atoms with Gasteiger partial charge < -0.3 is 15.2 Å². The quantitative estimate of drug-likeness (QED) is 0.653. The molecule has 0 saturated carbocycles. The van der Waals surface area contributed by atoms with Gasteiger partial charge in [0, 0.05) is 29.9 Å². The molecule has 0 unspecified atom stereocenters. The first-order valence-electron chi connectivity index (χ1n) is 8.80. The second kappa shape index (κ2) is 7.03. The molecule has 1 aliphatic rings. The van der Waals surface area contributed by atoms with E-state index in [9.17, 15) is 18.0 Å². The summed E-state index contributed by atoms with van der Waals surface area (Å²) in [5.41, 5.74) is 2.03. The number of carbonyl (C=O) groups excluding carboxylic acids is 1. The summed E-state index contributed by atoms with van der Waals surface area (Å²) in [5, 5.41) is 5.23. The maximum Gasteiger partial charge on any atom is 0.416 e. The van der Waals surface area contributed by atoms with E-state index >= 15 is 0 Å². The molecule has 2 N–H and O–H groups in total. The number of hydrogen-bond donors (Lipinski definition) is 2. The van der Waals surface area contributed by atoms with Gasteiger partial charge in [-0.25, -0.2) is 9.78 Å². The van der Waals surface area contributed by atoms with Gasteiger partial charge in [-0.15, -0.1) is 0 Å². The average Bonchev–Trinajstić information content (AvgIpc) is 3.25. The highest BCUT2D eigenvalue weighted by Crippen LogP contribution is 2.30. The second-order valence-electron chi connectivity index (χ2n) is 6.55. The lowest BCUT2D eigenvalue weighted by Gasteiger charge is -2.11. The summed E-state index contributed by atoms with van der Waals surface area (Å²) < 4.78 is 40.0. The van der Waals surface area contributed by atoms with Crippen molar-refractivity contribution >= 4 is 17.4 Å². The van der Waals surface area contributed by atoms with Crippen LogP contribution in [0, 0.1) is 0 Å². The minimum absolute atomic E-state index is 0.273. The molecule has 4 rings (SSSR count). The number of rotatable bonds is 3. The largest absolute Gasteiger partial charge is 0.416 e. The van der Waals surface area contributed by atoms with Crippen molar-refractivity contribution in [2.24, 2.45) is 0 Å². The standard InChI is InChI=1S/C20H17F3N4O/c21-20(22,23)14-6-8-15(9-7-14)25-19(28)26-16-4-1-3-13(11-16)17-12-24-18-5-2-10-27(17)18/h1,3-4,6-9,11-12H,2,5,10H2,(H2,25,26,28). The highest BCUT2D eigenvalue weighted by molar-refractivity contribution is 6.00. The van der Waals surface area contributed by atoms with Crippen LogP contribution in [0.1, 0.15) is 17.8 Å². The van der Waals surface area contributed by atoms with E-state index in [0.717, 1.165) is 48.6 Å². The van der Waals surface area contributed by atoms with Crippen molar-refractivity contribution in [1.29, 1.82) is 0 Å². The Kier molecular flexibility index (Phi) is 4.54. The molecule has 0 bridgehead atoms. The zero-order chi connectivity index (χ0) is 19.7. The van der Waals surface area contributed by atoms with Crippen molar-refractivity contribution in [3.05, 3.63) is 66.1 Å². The number of fused-ring (bicyclic) bond motifs is 1. The van der Waals surface area contributed by atoms with E-state index in [1.54, 1.807) is 6.07 Å². The SMILES string of the molecule is O=C(Nc1ccc(C(F)(F)F)cc1)Nc1cccc(-c2cnc3n2CCC3)c1. The summed E-state index contributed by atoms with van der Waals surface area (Å²) in [5.74, 6) is 1.06. The molecule has 2 heterocycles. The van der Waals surface area contributed by atoms with E-state index in [4.69, 9.17) is 0 Å². The molecule has 5 nitrogen and oxygen atoms in total. The third kappa shape index (κ3) is 3.71. The van der Waals surface area contributed by atoms with E-state index in [0.29, 0.717) is 5.69 Å². The van der Waals surface area contributed by atoms with Gasteiger partial charge in [-0.3, -0.25) is 0 Å². The van der Waals surface area contributed by atoms with Crippen LogP contribution in [0.5, 0.6) is 0 Å². The lowest BCUT2D eigenvalue weighted by molar-refractivity contribution is -0.137. The van der Waals surface area contributed by atoms with Gasteiger partial charge in [-0.05, 0) is 42.8 Å². The van der Waals surface area contributed by atoms with Crippen molar-refractivity contribution in [1.82, 2.24) is 9.55 Å². The van der Waals surface area contributed by atoms with Crippen LogP contribution in [0.15, 0.2) is 54.7 Å². The molecule has 3 aromatic rings. The zero-order valence-corrected chi connectivity index (χ0v) is 14.8. The number of nitrogens with one attached hydrogen (secondary N) is 2. The lowest BCUT2D eigenvalue weighted by Crippen LogP contribution is -2.19. The molecule has 8 heteroatoms. The van der Waals surface area contributed by atoms with Gasteiger partial charge in [0.05, 0.1) is 17.5 Å². The van der Waals surface area contributed by atoms with Crippen LogP contribution < -0.4 is 10.6 Å². The second-order valence-corrected chi connectivity index (χ2v) is 6.55. The van der Waals surface area contributed by atoms with Gasteiger partial charge in [-0.2, -0.15) is 13.2 Å². The number of benzene rings is 2. The number of imidazole rings is 1. The average molecular weight is 386 g/mol. The maximum absolute atomic E-state index is 12.6. The molecule has 0 atom stereocenters. The van der Waals surface area contributed by atoms with Crippen molar-refractivity contribution in [3.63, 3.8) is 0 Å². The predicted molar refractivity (Wildman–Crippen MR) is 100 cm³/mol. The van der Waals surface area contributed by atoms with Crippen LogP contribution in [-0.4, -0.2) is 15.6 Å². The topological polar surface area (TPSA) is 59.0 Å². The van der Waals surface area contributed by atoms with Gasteiger partial charge in [0.25, 0.3) is 0 Å². The minimum Gasteiger partial charge on any atom is -0.328 e. The summed E-state index contributed by atoms with van der Waals surface area (Å²) in [4.78, 5) is 16.6. The molecular formula is C20H17F3N4O. The summed E-state index contributed by atoms with van der Waals surface area (Å²) >= 11 is 0. The van der Waals surface area contributed by atoms with Gasteiger partial charge in [0.15, 0.2) is 0 Å². The molecule has 2 amide bonds. The Balaban J connectivity index is 1.45. The first-order valence-corrected chi connectivity index (χ1v) is 8.80. The molecule has 0 saturated heterocycles. The minimum atomic E-state index is -4.41. The predicted octanol–water partition coefficient (Wildman–Crippen LogP) is 5.16. The third-order valence-corrected chi connectivity index (χ3v) is 4.61. The zero-order valence-electron chi connectivity index (χ0n) is 14.8. The van der Waals surface area contributed by atoms with E-state index in [1.807, 2.05) is 24.4 Å². The Morgan fingerprint density at radius 2 is 1.79 bits per heavy atom. The number of nitrogens with zero attached hydrogens (tertiary/aromatic N) is 2. The lowest BCUT2D eigenvalue weighted by atomic mass is 10.1. The van der Waals surface area contributed by atoms with Crippen molar-refractivity contribution < 1.29 is 18.0 Å². The number of aromatic nitrogens is 2. The Labute approximate surface area is 159 Å². The first-order chi connectivity index (χ1) is 13.4. The van der Waals surface area contributed by atoms with Crippen molar-refractivity contribution in [3.8, 4) is 11.3 Å². The molecule has 0 fully saturated rings. The van der Waals surface area contributed by atoms with E-state index < -0.39 is 17.8 Å². The monoisotopic (exact) mass is 386 g/mol. The van der Waals surface area contributed by atoms with Crippen LogP contribution in [0.2, 0.25) is 0 Å². The van der Waals surface area contributed by atoms with Crippen LogP contribution in [-0.2, 0) is 19.1 Å². The molecule has 1 aromatic heterocycles. The van der Waals surface area contributed by atoms with Crippen molar-refractivity contribution in [2.45, 2.75) is 25.6 Å². The first kappa shape index (κ1) is 18.1. The van der Waals surface area contributed by atoms with Gasteiger partial charge in [-0.1, -0.05) is 12.1 Å². The molecule has 2 aromatic carbocycles. The van der Waals surface area contributed by atoms with Gasteiger partial charge >= 0.3 is 12.2 Å².